The maximum atomic E-state index is 13.2. The smallest absolute Gasteiger partial charge is 0.366 e. The van der Waals surface area contributed by atoms with Crippen molar-refractivity contribution >= 4 is 28.9 Å². The van der Waals surface area contributed by atoms with Gasteiger partial charge in [0.25, 0.3) is 0 Å². The summed E-state index contributed by atoms with van der Waals surface area (Å²) >= 11 is 6.38. The molecule has 0 bridgehead atoms. The number of carbonyl (C=O) groups excluding carboxylic acids is 1. The van der Waals surface area contributed by atoms with E-state index in [0.717, 1.165) is 17.4 Å². The van der Waals surface area contributed by atoms with E-state index in [1.165, 1.54) is 6.07 Å². The molecular weight excluding hydrogens is 415 g/mol. The van der Waals surface area contributed by atoms with Crippen molar-refractivity contribution in [2.24, 2.45) is 5.92 Å². The molecule has 1 saturated heterocycles. The minimum absolute atomic E-state index is 0.128. The number of hydrogen-bond acceptors (Lipinski definition) is 3. The number of carbonyl (C=O) groups is 1. The number of anilines is 2. The van der Waals surface area contributed by atoms with Crippen molar-refractivity contribution in [1.29, 1.82) is 0 Å². The van der Waals surface area contributed by atoms with Gasteiger partial charge in [0.05, 0.1) is 28.2 Å². The molecule has 2 aliphatic heterocycles. The molecule has 1 N–H and O–H groups in total. The lowest BCUT2D eigenvalue weighted by atomic mass is 9.82. The van der Waals surface area contributed by atoms with E-state index in [2.05, 4.69) is 15.1 Å². The predicted octanol–water partition coefficient (Wildman–Crippen LogP) is 4.36. The van der Waals surface area contributed by atoms with Crippen LogP contribution < -0.4 is 15.1 Å². The molecule has 2 aromatic rings. The Hall–Kier alpha value is -2.41. The molecule has 4 nitrogen and oxygen atoms in total. The van der Waals surface area contributed by atoms with E-state index in [4.69, 9.17) is 11.6 Å². The fraction of sp³-hybridized carbons (Fsp3) is 0.409. The van der Waals surface area contributed by atoms with Crippen LogP contribution in [0.25, 0.3) is 0 Å². The third-order valence-corrected chi connectivity index (χ3v) is 6.24. The highest BCUT2D eigenvalue weighted by Crippen LogP contribution is 2.40. The van der Waals surface area contributed by atoms with Crippen LogP contribution in [0.1, 0.15) is 18.1 Å². The molecule has 4 rings (SSSR count). The van der Waals surface area contributed by atoms with Gasteiger partial charge in [-0.2, -0.15) is 13.2 Å². The van der Waals surface area contributed by atoms with Gasteiger partial charge in [0.2, 0.25) is 5.91 Å². The molecule has 0 unspecified atom stereocenters. The number of nitrogens with zero attached hydrogens (tertiary/aromatic N) is 2. The third kappa shape index (κ3) is 3.83. The molecule has 160 valence electrons. The summed E-state index contributed by atoms with van der Waals surface area (Å²) in [6.45, 7) is 4.16. The van der Waals surface area contributed by atoms with E-state index in [0.29, 0.717) is 36.8 Å². The van der Waals surface area contributed by atoms with Crippen LogP contribution >= 0.6 is 11.6 Å². The summed E-state index contributed by atoms with van der Waals surface area (Å²) in [6, 6.07) is 11.3. The van der Waals surface area contributed by atoms with Crippen molar-refractivity contribution in [3.63, 3.8) is 0 Å². The third-order valence-electron chi connectivity index (χ3n) is 5.92. The molecule has 1 fully saturated rings. The first-order valence-corrected chi connectivity index (χ1v) is 10.4. The van der Waals surface area contributed by atoms with E-state index in [-0.39, 0.29) is 18.4 Å². The molecule has 0 aromatic heterocycles. The van der Waals surface area contributed by atoms with Crippen LogP contribution in [0.2, 0.25) is 5.02 Å². The Morgan fingerprint density at radius 3 is 2.63 bits per heavy atom. The molecule has 0 saturated carbocycles. The zero-order chi connectivity index (χ0) is 21.5. The van der Waals surface area contributed by atoms with Gasteiger partial charge in [-0.25, -0.2) is 0 Å². The van der Waals surface area contributed by atoms with E-state index < -0.39 is 17.7 Å². The number of rotatable bonds is 3. The molecular formula is C22H23ClF3N3O. The summed E-state index contributed by atoms with van der Waals surface area (Å²) in [4.78, 5) is 17.1. The molecule has 2 aliphatic rings. The fourth-order valence-electron chi connectivity index (χ4n) is 4.53. The predicted molar refractivity (Wildman–Crippen MR) is 112 cm³/mol. The summed E-state index contributed by atoms with van der Waals surface area (Å²) in [7, 11) is 0. The van der Waals surface area contributed by atoms with Crippen LogP contribution in [0.3, 0.4) is 0 Å². The lowest BCUT2D eigenvalue weighted by Gasteiger charge is -2.49. The highest BCUT2D eigenvalue weighted by atomic mass is 35.5. The van der Waals surface area contributed by atoms with Gasteiger partial charge in [0, 0.05) is 31.9 Å². The summed E-state index contributed by atoms with van der Waals surface area (Å²) < 4.78 is 39.7. The number of nitrogens with one attached hydrogen (secondary N) is 1. The van der Waals surface area contributed by atoms with Crippen LogP contribution in [0, 0.1) is 5.92 Å². The van der Waals surface area contributed by atoms with Crippen LogP contribution in [-0.2, 0) is 17.4 Å². The highest BCUT2D eigenvalue weighted by molar-refractivity contribution is 6.33. The van der Waals surface area contributed by atoms with Crippen LogP contribution in [0.4, 0.5) is 24.5 Å². The quantitative estimate of drug-likeness (QED) is 0.774. The fourth-order valence-corrected chi connectivity index (χ4v) is 4.79. The van der Waals surface area contributed by atoms with Gasteiger partial charge in [-0.15, -0.1) is 0 Å². The van der Waals surface area contributed by atoms with Crippen molar-refractivity contribution in [3.05, 3.63) is 58.6 Å². The van der Waals surface area contributed by atoms with Gasteiger partial charge >= 0.3 is 6.18 Å². The Bertz CT molecular complexity index is 949. The van der Waals surface area contributed by atoms with E-state index in [1.807, 2.05) is 31.2 Å². The average molecular weight is 438 g/mol. The zero-order valence-electron chi connectivity index (χ0n) is 16.5. The number of fused-ring (bicyclic) bond motifs is 3. The maximum Gasteiger partial charge on any atom is 0.416 e. The van der Waals surface area contributed by atoms with Gasteiger partial charge in [-0.1, -0.05) is 23.7 Å². The second-order valence-electron chi connectivity index (χ2n) is 7.70. The van der Waals surface area contributed by atoms with Gasteiger partial charge in [0.15, 0.2) is 0 Å². The number of alkyl halides is 3. The minimum atomic E-state index is -4.41. The SMILES string of the molecule is CCNC(=O)[C@H]1Cc2cc(C(F)(F)F)ccc2N2CCN(c3ccccc3Cl)C[C@@H]12. The Balaban J connectivity index is 1.70. The van der Waals surface area contributed by atoms with E-state index >= 15 is 0 Å². The Morgan fingerprint density at radius 2 is 1.93 bits per heavy atom. The maximum absolute atomic E-state index is 13.2. The largest absolute Gasteiger partial charge is 0.416 e. The number of halogens is 4. The average Bonchev–Trinajstić information content (AvgIpc) is 2.72. The van der Waals surface area contributed by atoms with Crippen molar-refractivity contribution in [3.8, 4) is 0 Å². The lowest BCUT2D eigenvalue weighted by Crippen LogP contribution is -2.61. The van der Waals surface area contributed by atoms with Gasteiger partial charge in [-0.3, -0.25) is 4.79 Å². The summed E-state index contributed by atoms with van der Waals surface area (Å²) in [5.41, 5.74) is 1.59. The monoisotopic (exact) mass is 437 g/mol. The number of para-hydroxylation sites is 1. The van der Waals surface area contributed by atoms with Crippen LogP contribution in [-0.4, -0.2) is 38.1 Å². The molecule has 1 amide bonds. The normalized spacial score (nSPS) is 21.1. The number of amides is 1. The van der Waals surface area contributed by atoms with Crippen molar-refractivity contribution in [2.75, 3.05) is 36.0 Å². The van der Waals surface area contributed by atoms with Crippen LogP contribution in [0.15, 0.2) is 42.5 Å². The standard InChI is InChI=1S/C22H23ClF3N3O/c1-2-27-21(30)16-12-14-11-15(22(24,25)26)7-8-18(14)29-10-9-28(13-20(16)29)19-6-4-3-5-17(19)23/h3-8,11,16,20H,2,9-10,12-13H2,1H3,(H,27,30)/t16-,20-/m0/s1. The van der Waals surface area contributed by atoms with Gasteiger partial charge in [-0.05, 0) is 49.2 Å². The zero-order valence-corrected chi connectivity index (χ0v) is 17.3. The molecule has 0 aliphatic carbocycles. The number of piperazine rings is 1. The Morgan fingerprint density at radius 1 is 1.17 bits per heavy atom. The van der Waals surface area contributed by atoms with Crippen LogP contribution in [0.5, 0.6) is 0 Å². The van der Waals surface area contributed by atoms with Gasteiger partial charge in [0.1, 0.15) is 0 Å². The second kappa shape index (κ2) is 8.02. The summed E-state index contributed by atoms with van der Waals surface area (Å²) in [5, 5.41) is 3.50. The first-order valence-electron chi connectivity index (χ1n) is 10.0. The lowest BCUT2D eigenvalue weighted by molar-refractivity contribution is -0.137. The highest BCUT2D eigenvalue weighted by Gasteiger charge is 2.42. The van der Waals surface area contributed by atoms with Crippen molar-refractivity contribution < 1.29 is 18.0 Å². The molecule has 2 heterocycles. The minimum Gasteiger partial charge on any atom is -0.366 e. The number of benzene rings is 2. The molecule has 30 heavy (non-hydrogen) atoms. The first kappa shape index (κ1) is 20.8. The molecule has 2 aromatic carbocycles. The number of hydrogen-bond donors (Lipinski definition) is 1. The molecule has 0 radical (unpaired) electrons. The summed E-state index contributed by atoms with van der Waals surface area (Å²) in [6.07, 6.45) is -4.13. The molecule has 8 heteroatoms. The Kier molecular flexibility index (Phi) is 5.57. The molecule has 2 atom stereocenters. The Labute approximate surface area is 178 Å². The van der Waals surface area contributed by atoms with Gasteiger partial charge < -0.3 is 15.1 Å². The van der Waals surface area contributed by atoms with Crippen molar-refractivity contribution in [2.45, 2.75) is 25.6 Å². The molecule has 0 spiro atoms. The van der Waals surface area contributed by atoms with E-state index in [1.54, 1.807) is 6.07 Å². The van der Waals surface area contributed by atoms with Crippen molar-refractivity contribution in [1.82, 2.24) is 5.32 Å². The first-order chi connectivity index (χ1) is 14.3. The second-order valence-corrected chi connectivity index (χ2v) is 8.11. The topological polar surface area (TPSA) is 35.6 Å². The summed E-state index contributed by atoms with van der Waals surface area (Å²) in [5.74, 6) is -0.567. The van der Waals surface area contributed by atoms with E-state index in [9.17, 15) is 18.0 Å².